The summed E-state index contributed by atoms with van der Waals surface area (Å²) in [6, 6.07) is 79.0. The lowest BCUT2D eigenvalue weighted by atomic mass is 9.77. The maximum Gasteiger partial charge on any atom is 0.159 e. The summed E-state index contributed by atoms with van der Waals surface area (Å²) in [7, 11) is 0. The number of fused-ring (bicyclic) bond motifs is 6. The summed E-state index contributed by atoms with van der Waals surface area (Å²) in [6.07, 6.45) is 13.2. The first-order chi connectivity index (χ1) is 44.6. The molecule has 452 valence electrons. The Balaban J connectivity index is 1.00. The molecule has 4 heteroatoms. The normalized spacial score (nSPS) is 14.6. The fourth-order valence-corrected chi connectivity index (χ4v) is 16.4. The molecule has 0 bridgehead atoms. The van der Waals surface area contributed by atoms with Gasteiger partial charge in [-0.2, -0.15) is 0 Å². The molecule has 16 rings (SSSR count). The minimum Gasteiger partial charge on any atom is -0.453 e. The van der Waals surface area contributed by atoms with E-state index in [1.807, 2.05) is 0 Å². The SMILES string of the molecule is CCc1ccccc1-c1cccc2c1oc1c(N(c3ccc(C(C)C)cc3)c3cc(C4CCCCC4)c4ccc5c(N(c6ccc(C(C)C)cc6)c6cccc7c6oc6c(-c8ccccc8C(C)C)cccc67)cc(C6CCCCC6)c6ccc3c4c65)cccc12. The van der Waals surface area contributed by atoms with Crippen molar-refractivity contribution >= 4 is 110 Å². The molecule has 0 radical (unpaired) electrons. The Kier molecular flexibility index (Phi) is 14.6. The third kappa shape index (κ3) is 9.61. The molecule has 2 saturated carbocycles. The van der Waals surface area contributed by atoms with Gasteiger partial charge < -0.3 is 18.6 Å². The second-order valence-electron chi connectivity index (χ2n) is 27.5. The number of nitrogens with zero attached hydrogens (tertiary/aromatic N) is 2. The lowest BCUT2D eigenvalue weighted by Crippen LogP contribution is -2.15. The fourth-order valence-electron chi connectivity index (χ4n) is 16.4. The largest absolute Gasteiger partial charge is 0.453 e. The second kappa shape index (κ2) is 23.3. The van der Waals surface area contributed by atoms with Gasteiger partial charge in [-0.15, -0.1) is 0 Å². The average Bonchev–Trinajstić information content (AvgIpc) is 1.12. The quantitative estimate of drug-likeness (QED) is 0.102. The number of aryl methyl sites for hydroxylation is 1. The van der Waals surface area contributed by atoms with Crippen molar-refractivity contribution in [2.24, 2.45) is 0 Å². The lowest BCUT2D eigenvalue weighted by Gasteiger charge is -2.33. The van der Waals surface area contributed by atoms with Gasteiger partial charge in [0.2, 0.25) is 0 Å². The molecular weight excluding hydrogens is 1100 g/mol. The zero-order chi connectivity index (χ0) is 61.6. The molecule has 2 fully saturated rings. The van der Waals surface area contributed by atoms with Gasteiger partial charge in [0.25, 0.3) is 0 Å². The van der Waals surface area contributed by atoms with Gasteiger partial charge in [-0.1, -0.05) is 245 Å². The standard InChI is InChI=1S/C87H82N2O2/c1-8-56-23-15-16-29-64(56)68-31-19-33-70-72-35-21-37-78(86(72)90-84(68)70)88(61-43-39-57(40-44-61)53(2)3)80-51-76(59-24-11-9-12-25-59)66-48-50-75-81(52-77(60-26-13-10-14-27-60)67-47-49-74(80)82(66)83(67)75)89(62-45-41-58(42-46-62)54(4)5)79-38-22-36-73-71-34-20-32-69(85(71)91-87(73)79)65-30-18-17-28-63(65)55(6)7/h15-23,28-55,59-60H,8-14,24-27H2,1-7H3. The topological polar surface area (TPSA) is 32.8 Å². The number of rotatable bonds is 14. The summed E-state index contributed by atoms with van der Waals surface area (Å²) in [5, 5.41) is 12.5. The Hall–Kier alpha value is -9.12. The van der Waals surface area contributed by atoms with Crippen molar-refractivity contribution in [3.63, 3.8) is 0 Å². The predicted molar refractivity (Wildman–Crippen MR) is 388 cm³/mol. The summed E-state index contributed by atoms with van der Waals surface area (Å²) in [5.41, 5.74) is 23.3. The molecule has 0 N–H and O–H groups in total. The van der Waals surface area contributed by atoms with Crippen molar-refractivity contribution in [3.8, 4) is 22.3 Å². The molecule has 0 atom stereocenters. The molecule has 91 heavy (non-hydrogen) atoms. The van der Waals surface area contributed by atoms with Crippen molar-refractivity contribution in [1.29, 1.82) is 0 Å². The van der Waals surface area contributed by atoms with E-state index < -0.39 is 0 Å². The van der Waals surface area contributed by atoms with E-state index in [1.54, 1.807) is 0 Å². The predicted octanol–water partition coefficient (Wildman–Crippen LogP) is 26.7. The summed E-state index contributed by atoms with van der Waals surface area (Å²) >= 11 is 0. The first-order valence-electron chi connectivity index (χ1n) is 34.3. The second-order valence-corrected chi connectivity index (χ2v) is 27.5. The van der Waals surface area contributed by atoms with Crippen LogP contribution in [0, 0.1) is 0 Å². The van der Waals surface area contributed by atoms with Crippen molar-refractivity contribution < 1.29 is 8.83 Å². The number of hydrogen-bond acceptors (Lipinski definition) is 4. The Bertz CT molecular complexity index is 5040. The van der Waals surface area contributed by atoms with Gasteiger partial charge in [-0.05, 0) is 176 Å². The van der Waals surface area contributed by atoms with Crippen molar-refractivity contribution in [3.05, 3.63) is 240 Å². The van der Waals surface area contributed by atoms with E-state index >= 15 is 0 Å². The van der Waals surface area contributed by atoms with E-state index in [0.29, 0.717) is 29.6 Å². The van der Waals surface area contributed by atoms with Crippen LogP contribution in [0.1, 0.15) is 176 Å². The third-order valence-corrected chi connectivity index (χ3v) is 21.2. The molecular formula is C87H82N2O2. The minimum atomic E-state index is 0.353. The van der Waals surface area contributed by atoms with Crippen LogP contribution < -0.4 is 9.80 Å². The van der Waals surface area contributed by atoms with Crippen LogP contribution in [0.5, 0.6) is 0 Å². The smallest absolute Gasteiger partial charge is 0.159 e. The zero-order valence-corrected chi connectivity index (χ0v) is 54.0. The van der Waals surface area contributed by atoms with E-state index in [0.717, 1.165) is 84.2 Å². The molecule has 2 aliphatic carbocycles. The Morgan fingerprint density at radius 1 is 0.341 bits per heavy atom. The first-order valence-corrected chi connectivity index (χ1v) is 34.3. The van der Waals surface area contributed by atoms with Crippen LogP contribution in [-0.4, -0.2) is 0 Å². The van der Waals surface area contributed by atoms with E-state index in [2.05, 4.69) is 265 Å². The first kappa shape index (κ1) is 57.1. The maximum atomic E-state index is 7.53. The highest BCUT2D eigenvalue weighted by atomic mass is 16.3. The summed E-state index contributed by atoms with van der Waals surface area (Å²) in [6.45, 7) is 16.0. The van der Waals surface area contributed by atoms with Gasteiger partial charge in [-0.3, -0.25) is 0 Å². The van der Waals surface area contributed by atoms with E-state index in [9.17, 15) is 0 Å². The lowest BCUT2D eigenvalue weighted by molar-refractivity contribution is 0.445. The van der Waals surface area contributed by atoms with Gasteiger partial charge in [0, 0.05) is 54.8 Å². The number of para-hydroxylation sites is 4. The average molecular weight is 1190 g/mol. The Labute approximate surface area is 536 Å². The van der Waals surface area contributed by atoms with Crippen LogP contribution in [0.4, 0.5) is 34.1 Å². The molecule has 0 aliphatic heterocycles. The maximum absolute atomic E-state index is 7.53. The molecule has 4 nitrogen and oxygen atoms in total. The number of furan rings is 2. The van der Waals surface area contributed by atoms with Crippen LogP contribution in [0.3, 0.4) is 0 Å². The zero-order valence-electron chi connectivity index (χ0n) is 54.0. The molecule has 12 aromatic carbocycles. The highest BCUT2D eigenvalue weighted by Crippen LogP contribution is 2.56. The van der Waals surface area contributed by atoms with E-state index in [-0.39, 0.29) is 0 Å². The molecule has 2 aromatic heterocycles. The van der Waals surface area contributed by atoms with E-state index in [4.69, 9.17) is 8.83 Å². The molecule has 2 heterocycles. The van der Waals surface area contributed by atoms with Crippen LogP contribution in [0.15, 0.2) is 215 Å². The third-order valence-electron chi connectivity index (χ3n) is 21.2. The fraction of sp³-hybridized carbons (Fsp3) is 0.264. The Morgan fingerprint density at radius 2 is 0.736 bits per heavy atom. The van der Waals surface area contributed by atoms with Crippen LogP contribution in [-0.2, 0) is 6.42 Å². The van der Waals surface area contributed by atoms with Gasteiger partial charge in [-0.25, -0.2) is 0 Å². The molecule has 0 saturated heterocycles. The van der Waals surface area contributed by atoms with Gasteiger partial charge >= 0.3 is 0 Å². The monoisotopic (exact) mass is 1190 g/mol. The highest BCUT2D eigenvalue weighted by Gasteiger charge is 2.32. The number of benzene rings is 12. The molecule has 0 amide bonds. The van der Waals surface area contributed by atoms with E-state index in [1.165, 1.54) is 152 Å². The highest BCUT2D eigenvalue weighted by molar-refractivity contribution is 6.30. The number of anilines is 6. The van der Waals surface area contributed by atoms with Crippen molar-refractivity contribution in [2.45, 2.75) is 149 Å². The van der Waals surface area contributed by atoms with Crippen molar-refractivity contribution in [2.75, 3.05) is 9.80 Å². The summed E-state index contributed by atoms with van der Waals surface area (Å²) < 4.78 is 15.0. The summed E-state index contributed by atoms with van der Waals surface area (Å²) in [5.74, 6) is 1.97. The van der Waals surface area contributed by atoms with Crippen molar-refractivity contribution in [1.82, 2.24) is 0 Å². The molecule has 14 aromatic rings. The van der Waals surface area contributed by atoms with Crippen LogP contribution >= 0.6 is 0 Å². The van der Waals surface area contributed by atoms with Gasteiger partial charge in [0.05, 0.1) is 22.7 Å². The molecule has 2 aliphatic rings. The van der Waals surface area contributed by atoms with Crippen LogP contribution in [0.2, 0.25) is 0 Å². The van der Waals surface area contributed by atoms with Gasteiger partial charge in [0.1, 0.15) is 11.2 Å². The molecule has 0 spiro atoms. The minimum absolute atomic E-state index is 0.353. The Morgan fingerprint density at radius 3 is 1.19 bits per heavy atom. The van der Waals surface area contributed by atoms with Gasteiger partial charge in [0.15, 0.2) is 11.2 Å². The van der Waals surface area contributed by atoms with Crippen LogP contribution in [0.25, 0.3) is 98.4 Å². The molecule has 0 unspecified atom stereocenters. The summed E-state index contributed by atoms with van der Waals surface area (Å²) in [4.78, 5) is 5.16. The number of hydrogen-bond donors (Lipinski definition) is 0.